The maximum atomic E-state index is 5.43. The van der Waals surface area contributed by atoms with Crippen molar-refractivity contribution in [3.63, 3.8) is 0 Å². The number of likely N-dealkylation sites (tertiary alicyclic amines) is 1. The molecular formula is C21H32N2O. The van der Waals surface area contributed by atoms with Crippen molar-refractivity contribution in [2.24, 2.45) is 5.92 Å². The molecule has 3 heteroatoms. The summed E-state index contributed by atoms with van der Waals surface area (Å²) in [5, 5.41) is 0. The van der Waals surface area contributed by atoms with Crippen molar-refractivity contribution in [1.82, 2.24) is 9.80 Å². The molecule has 0 bridgehead atoms. The molecule has 0 unspecified atom stereocenters. The third kappa shape index (κ3) is 4.19. The maximum Gasteiger partial charge on any atom is 0.0594 e. The number of ether oxygens (including phenoxy) is 1. The lowest BCUT2D eigenvalue weighted by molar-refractivity contribution is 0.0342. The van der Waals surface area contributed by atoms with E-state index in [0.29, 0.717) is 0 Å². The molecular weight excluding hydrogens is 296 g/mol. The van der Waals surface area contributed by atoms with Crippen LogP contribution in [-0.4, -0.2) is 55.7 Å². The van der Waals surface area contributed by atoms with Crippen LogP contribution in [0.2, 0.25) is 0 Å². The predicted octanol–water partition coefficient (Wildman–Crippen LogP) is 3.50. The second-order valence-corrected chi connectivity index (χ2v) is 8.03. The zero-order valence-electron chi connectivity index (χ0n) is 15.0. The third-order valence-corrected chi connectivity index (χ3v) is 6.16. The molecule has 3 nitrogen and oxygen atoms in total. The van der Waals surface area contributed by atoms with Crippen LogP contribution < -0.4 is 0 Å². The molecule has 3 fully saturated rings. The molecule has 1 saturated carbocycles. The van der Waals surface area contributed by atoms with Crippen LogP contribution in [0.3, 0.4) is 0 Å². The van der Waals surface area contributed by atoms with Crippen LogP contribution in [0.15, 0.2) is 24.3 Å². The van der Waals surface area contributed by atoms with Crippen LogP contribution >= 0.6 is 0 Å². The molecule has 2 saturated heterocycles. The van der Waals surface area contributed by atoms with Crippen molar-refractivity contribution < 1.29 is 4.74 Å². The number of piperidine rings is 1. The molecule has 3 aliphatic rings. The number of nitrogens with zero attached hydrogens (tertiary/aromatic N) is 2. The number of benzene rings is 1. The first-order chi connectivity index (χ1) is 11.9. The van der Waals surface area contributed by atoms with E-state index in [4.69, 9.17) is 4.74 Å². The van der Waals surface area contributed by atoms with E-state index in [0.717, 1.165) is 44.7 Å². The van der Waals surface area contributed by atoms with Gasteiger partial charge in [0.1, 0.15) is 0 Å². The number of rotatable bonds is 5. The van der Waals surface area contributed by atoms with Gasteiger partial charge < -0.3 is 9.64 Å². The van der Waals surface area contributed by atoms with Gasteiger partial charge in [-0.05, 0) is 61.7 Å². The Hall–Kier alpha value is -0.900. The summed E-state index contributed by atoms with van der Waals surface area (Å²) < 4.78 is 5.43. The first-order valence-corrected chi connectivity index (χ1v) is 9.98. The molecule has 1 aromatic carbocycles. The number of hydrogen-bond acceptors (Lipinski definition) is 3. The first-order valence-electron chi connectivity index (χ1n) is 9.98. The van der Waals surface area contributed by atoms with E-state index in [1.54, 1.807) is 5.56 Å². The van der Waals surface area contributed by atoms with Gasteiger partial charge in [-0.1, -0.05) is 30.7 Å². The van der Waals surface area contributed by atoms with Crippen LogP contribution in [0, 0.1) is 5.92 Å². The highest BCUT2D eigenvalue weighted by Crippen LogP contribution is 2.42. The van der Waals surface area contributed by atoms with Crippen molar-refractivity contribution >= 4 is 0 Å². The summed E-state index contributed by atoms with van der Waals surface area (Å²) in [6.07, 6.45) is 7.08. The molecule has 0 spiro atoms. The molecule has 2 heterocycles. The Morgan fingerprint density at radius 3 is 2.25 bits per heavy atom. The summed E-state index contributed by atoms with van der Waals surface area (Å²) >= 11 is 0. The first kappa shape index (κ1) is 16.6. The summed E-state index contributed by atoms with van der Waals surface area (Å²) in [5.41, 5.74) is 3.01. The fraction of sp³-hybridized carbons (Fsp3) is 0.714. The normalized spacial score (nSPS) is 29.3. The monoisotopic (exact) mass is 328 g/mol. The highest BCUT2D eigenvalue weighted by atomic mass is 16.5. The Kier molecular flexibility index (Phi) is 5.51. The van der Waals surface area contributed by atoms with E-state index in [1.165, 1.54) is 57.3 Å². The maximum absolute atomic E-state index is 5.43. The Balaban J connectivity index is 1.22. The van der Waals surface area contributed by atoms with Gasteiger partial charge in [0.25, 0.3) is 0 Å². The zero-order chi connectivity index (χ0) is 16.2. The zero-order valence-corrected chi connectivity index (χ0v) is 15.0. The van der Waals surface area contributed by atoms with Crippen molar-refractivity contribution in [1.29, 1.82) is 0 Å². The second kappa shape index (κ2) is 7.99. The molecule has 0 radical (unpaired) electrons. The van der Waals surface area contributed by atoms with Gasteiger partial charge in [-0.25, -0.2) is 0 Å². The van der Waals surface area contributed by atoms with E-state index in [-0.39, 0.29) is 0 Å². The Labute approximate surface area is 147 Å². The summed E-state index contributed by atoms with van der Waals surface area (Å²) in [4.78, 5) is 5.20. The van der Waals surface area contributed by atoms with Crippen LogP contribution in [0.4, 0.5) is 0 Å². The molecule has 1 aliphatic carbocycles. The van der Waals surface area contributed by atoms with Crippen LogP contribution in [0.25, 0.3) is 0 Å². The van der Waals surface area contributed by atoms with Gasteiger partial charge in [0.15, 0.2) is 0 Å². The minimum Gasteiger partial charge on any atom is -0.379 e. The van der Waals surface area contributed by atoms with E-state index in [1.807, 2.05) is 0 Å². The van der Waals surface area contributed by atoms with Crippen molar-refractivity contribution in [2.45, 2.75) is 44.6 Å². The Bertz CT molecular complexity index is 497. The van der Waals surface area contributed by atoms with Crippen LogP contribution in [0.5, 0.6) is 0 Å². The lowest BCUT2D eigenvalue weighted by Crippen LogP contribution is -2.38. The minimum absolute atomic E-state index is 0.817. The lowest BCUT2D eigenvalue weighted by atomic mass is 9.71. The van der Waals surface area contributed by atoms with Gasteiger partial charge in [-0.3, -0.25) is 4.90 Å². The topological polar surface area (TPSA) is 15.7 Å². The highest BCUT2D eigenvalue weighted by Gasteiger charge is 2.31. The summed E-state index contributed by atoms with van der Waals surface area (Å²) in [5.74, 6) is 1.76. The summed E-state index contributed by atoms with van der Waals surface area (Å²) in [6.45, 7) is 9.04. The summed E-state index contributed by atoms with van der Waals surface area (Å²) in [6, 6.07) is 9.47. The minimum atomic E-state index is 0.817. The quantitative estimate of drug-likeness (QED) is 0.823. The van der Waals surface area contributed by atoms with Gasteiger partial charge in [0, 0.05) is 26.2 Å². The van der Waals surface area contributed by atoms with Crippen LogP contribution in [0.1, 0.15) is 49.1 Å². The van der Waals surface area contributed by atoms with Gasteiger partial charge in [0.2, 0.25) is 0 Å². The largest absolute Gasteiger partial charge is 0.379 e. The second-order valence-electron chi connectivity index (χ2n) is 8.03. The Morgan fingerprint density at radius 1 is 0.833 bits per heavy atom. The number of morpholine rings is 1. The molecule has 0 N–H and O–H groups in total. The molecule has 132 valence electrons. The lowest BCUT2D eigenvalue weighted by Gasteiger charge is -2.40. The molecule has 0 amide bonds. The molecule has 24 heavy (non-hydrogen) atoms. The van der Waals surface area contributed by atoms with Crippen molar-refractivity contribution in [2.75, 3.05) is 45.9 Å². The molecule has 1 aromatic rings. The van der Waals surface area contributed by atoms with Crippen molar-refractivity contribution in [3.8, 4) is 0 Å². The average Bonchev–Trinajstić information content (AvgIpc) is 2.61. The third-order valence-electron chi connectivity index (χ3n) is 6.16. The molecule has 2 aliphatic heterocycles. The molecule has 0 aromatic heterocycles. The standard InChI is InChI=1S/C21H32N2O/c1-2-8-22(9-3-1)17-19-14-21(15-19)20-6-4-18(5-7-20)16-23-10-12-24-13-11-23/h4-7,19,21H,1-3,8-17H2. The molecule has 4 rings (SSSR count). The van der Waals surface area contributed by atoms with Gasteiger partial charge in [-0.2, -0.15) is 0 Å². The fourth-order valence-electron chi connectivity index (χ4n) is 4.58. The smallest absolute Gasteiger partial charge is 0.0594 e. The van der Waals surface area contributed by atoms with Gasteiger partial charge >= 0.3 is 0 Å². The van der Waals surface area contributed by atoms with Crippen molar-refractivity contribution in [3.05, 3.63) is 35.4 Å². The van der Waals surface area contributed by atoms with Gasteiger partial charge in [0.05, 0.1) is 13.2 Å². The predicted molar refractivity (Wildman–Crippen MR) is 98.3 cm³/mol. The van der Waals surface area contributed by atoms with E-state index < -0.39 is 0 Å². The van der Waals surface area contributed by atoms with E-state index in [2.05, 4.69) is 34.1 Å². The number of hydrogen-bond donors (Lipinski definition) is 0. The molecule has 0 atom stereocenters. The van der Waals surface area contributed by atoms with Gasteiger partial charge in [-0.15, -0.1) is 0 Å². The van der Waals surface area contributed by atoms with Crippen LogP contribution in [-0.2, 0) is 11.3 Å². The average molecular weight is 329 g/mol. The fourth-order valence-corrected chi connectivity index (χ4v) is 4.58. The summed E-state index contributed by atoms with van der Waals surface area (Å²) in [7, 11) is 0. The van der Waals surface area contributed by atoms with E-state index >= 15 is 0 Å². The van der Waals surface area contributed by atoms with E-state index in [9.17, 15) is 0 Å². The SMILES string of the molecule is c1cc(C2CC(CN3CCCCC3)C2)ccc1CN1CCOCC1. The Morgan fingerprint density at radius 2 is 1.54 bits per heavy atom. The highest BCUT2D eigenvalue weighted by molar-refractivity contribution is 5.27.